The molecule has 0 heterocycles. The molecule has 0 radical (unpaired) electrons. The van der Waals surface area contributed by atoms with Gasteiger partial charge in [-0.3, -0.25) is 14.4 Å². The number of ketones is 2. The molecule has 0 spiro atoms. The first-order chi connectivity index (χ1) is 18.2. The molecular formula is C29H28BBrK2O7. The first kappa shape index (κ1) is 41.5. The maximum atomic E-state index is 11.1. The predicted octanol–water partition coefficient (Wildman–Crippen LogP) is -1.87. The van der Waals surface area contributed by atoms with Gasteiger partial charge in [0.15, 0.2) is 11.6 Å². The van der Waals surface area contributed by atoms with E-state index in [4.69, 9.17) is 20.1 Å². The molecule has 11 heteroatoms. The normalized spacial score (nSPS) is 8.65. The van der Waals surface area contributed by atoms with Crippen molar-refractivity contribution in [1.82, 2.24) is 0 Å². The molecule has 0 aliphatic carbocycles. The first-order valence-corrected chi connectivity index (χ1v) is 12.0. The van der Waals surface area contributed by atoms with Gasteiger partial charge in [-0.2, -0.15) is 0 Å². The first-order valence-electron chi connectivity index (χ1n) is 11.3. The Hall–Kier alpha value is -0.612. The van der Waals surface area contributed by atoms with Crippen LogP contribution in [0.5, 0.6) is 0 Å². The molecule has 0 saturated carbocycles. The van der Waals surface area contributed by atoms with Gasteiger partial charge in [0.1, 0.15) is 0 Å². The van der Waals surface area contributed by atoms with Crippen molar-refractivity contribution in [3.63, 3.8) is 0 Å². The molecule has 0 aliphatic heterocycles. The summed E-state index contributed by atoms with van der Waals surface area (Å²) in [4.78, 5) is 33.1. The summed E-state index contributed by atoms with van der Waals surface area (Å²) in [5.41, 5.74) is 4.35. The smallest absolute Gasteiger partial charge is 1.00 e. The second-order valence-corrected chi connectivity index (χ2v) is 8.46. The van der Waals surface area contributed by atoms with Crippen LogP contribution in [-0.2, 0) is 9.68 Å². The Balaban J connectivity index is -0.000000494. The van der Waals surface area contributed by atoms with Gasteiger partial charge >= 0.3 is 110 Å². The summed E-state index contributed by atoms with van der Waals surface area (Å²) >= 11 is 3.28. The Labute approximate surface area is 329 Å². The van der Waals surface area contributed by atoms with Gasteiger partial charge in [0.05, 0.1) is 0 Å². The summed E-state index contributed by atoms with van der Waals surface area (Å²) in [5.74, 6) is 0.210. The average molecular weight is 657 g/mol. The van der Waals surface area contributed by atoms with Gasteiger partial charge in [-0.25, -0.2) is 0 Å². The maximum Gasteiger partial charge on any atom is 1.00 e. The van der Waals surface area contributed by atoms with E-state index in [-0.39, 0.29) is 122 Å². The minimum atomic E-state index is -1.34. The van der Waals surface area contributed by atoms with E-state index in [0.717, 1.165) is 21.2 Å². The predicted molar refractivity (Wildman–Crippen MR) is 151 cm³/mol. The van der Waals surface area contributed by atoms with Gasteiger partial charge in [0.2, 0.25) is 0 Å². The Morgan fingerprint density at radius 1 is 0.725 bits per heavy atom. The SMILES string of the molecule is CC(=O)c1ccc(-c2ccccc2)cc1.CC(=O)c1ccc(Br)cc1.O=CO[O-].OB(O)c1ccccc1.[H-].[K+].[K+]. The quantitative estimate of drug-likeness (QED) is 0.0848. The fraction of sp³-hybridized carbons (Fsp3) is 0.0690. The number of carbonyl (C=O) groups excluding carboxylic acids is 3. The zero-order valence-corrected chi connectivity index (χ0v) is 30.7. The van der Waals surface area contributed by atoms with Crippen molar-refractivity contribution >= 4 is 46.5 Å². The Bertz CT molecular complexity index is 1250. The topological polar surface area (TPSA) is 124 Å². The van der Waals surface area contributed by atoms with Gasteiger partial charge in [-0.05, 0) is 42.6 Å². The van der Waals surface area contributed by atoms with Crippen LogP contribution in [0.15, 0.2) is 114 Å². The molecule has 0 saturated heterocycles. The molecule has 0 amide bonds. The number of hydrogen-bond donors (Lipinski definition) is 2. The van der Waals surface area contributed by atoms with Crippen molar-refractivity contribution in [3.05, 3.63) is 125 Å². The number of hydrogen-bond acceptors (Lipinski definition) is 7. The monoisotopic (exact) mass is 656 g/mol. The number of halogens is 1. The van der Waals surface area contributed by atoms with Crippen LogP contribution < -0.4 is 113 Å². The summed E-state index contributed by atoms with van der Waals surface area (Å²) in [6.45, 7) is 2.96. The molecule has 4 aromatic carbocycles. The number of Topliss-reactive ketones (excluding diaryl/α,β-unsaturated/α-hetero) is 2. The second-order valence-electron chi connectivity index (χ2n) is 7.54. The van der Waals surface area contributed by atoms with Crippen LogP contribution in [0.4, 0.5) is 0 Å². The summed E-state index contributed by atoms with van der Waals surface area (Å²) in [7, 11) is -1.34. The molecule has 0 bridgehead atoms. The van der Waals surface area contributed by atoms with Gasteiger partial charge in [0.25, 0.3) is 6.47 Å². The van der Waals surface area contributed by atoms with Crippen molar-refractivity contribution in [3.8, 4) is 11.1 Å². The van der Waals surface area contributed by atoms with Crippen LogP contribution in [-0.4, -0.2) is 35.2 Å². The largest absolute Gasteiger partial charge is 1.00 e. The Morgan fingerprint density at radius 3 is 1.40 bits per heavy atom. The number of carbonyl (C=O) groups is 3. The van der Waals surface area contributed by atoms with Gasteiger partial charge in [-0.1, -0.05) is 113 Å². The van der Waals surface area contributed by atoms with Gasteiger partial charge in [-0.15, -0.1) is 0 Å². The molecule has 0 aliphatic rings. The molecule has 7 nitrogen and oxygen atoms in total. The van der Waals surface area contributed by atoms with Crippen LogP contribution >= 0.6 is 15.9 Å². The van der Waals surface area contributed by atoms with E-state index in [0.29, 0.717) is 5.46 Å². The molecule has 4 aromatic rings. The standard InChI is InChI=1S/C14H12O.C8H7BrO.C6H7BO2.CH2O3.2K.H/c1-11(15)12-7-9-14(10-8-12)13-5-3-2-4-6-13;1-6(10)7-2-4-8(9)5-3-7;8-7(9)6-4-2-1-3-5-6;2-1-4-3;;;/h2-10H,1H3;2-5H,1H3;1-5,8-9H;1,3H;;;/q;;;;2*+1;-1/p-1. The van der Waals surface area contributed by atoms with E-state index in [1.54, 1.807) is 50.2 Å². The minimum absolute atomic E-state index is 0. The number of rotatable bonds is 5. The fourth-order valence-corrected chi connectivity index (χ4v) is 3.10. The summed E-state index contributed by atoms with van der Waals surface area (Å²) < 4.78 is 0.998. The van der Waals surface area contributed by atoms with E-state index >= 15 is 0 Å². The molecule has 198 valence electrons. The molecule has 0 atom stereocenters. The van der Waals surface area contributed by atoms with Crippen molar-refractivity contribution in [2.24, 2.45) is 0 Å². The van der Waals surface area contributed by atoms with Crippen LogP contribution in [0.1, 0.15) is 36.0 Å². The van der Waals surface area contributed by atoms with E-state index < -0.39 is 7.12 Å². The third-order valence-corrected chi connectivity index (χ3v) is 5.31. The molecule has 4 rings (SSSR count). The fourth-order valence-electron chi connectivity index (χ4n) is 2.84. The van der Waals surface area contributed by atoms with Crippen molar-refractivity contribution < 1.29 is 139 Å². The summed E-state index contributed by atoms with van der Waals surface area (Å²) in [6, 6.07) is 33.8. The summed E-state index contributed by atoms with van der Waals surface area (Å²) in [6.07, 6.45) is 0. The molecule has 0 unspecified atom stereocenters. The van der Waals surface area contributed by atoms with Crippen LogP contribution in [0.2, 0.25) is 0 Å². The van der Waals surface area contributed by atoms with Crippen LogP contribution in [0.25, 0.3) is 11.1 Å². The second kappa shape index (κ2) is 24.9. The maximum absolute atomic E-state index is 11.1. The molecular weight excluding hydrogens is 629 g/mol. The number of benzene rings is 4. The molecule has 0 fully saturated rings. The van der Waals surface area contributed by atoms with Gasteiger partial charge in [0, 0.05) is 15.6 Å². The van der Waals surface area contributed by atoms with E-state index in [1.807, 2.05) is 60.7 Å². The molecule has 40 heavy (non-hydrogen) atoms. The van der Waals surface area contributed by atoms with E-state index in [1.165, 1.54) is 5.56 Å². The third-order valence-electron chi connectivity index (χ3n) is 4.79. The third kappa shape index (κ3) is 18.0. The Kier molecular flexibility index (Phi) is 25.9. The summed E-state index contributed by atoms with van der Waals surface area (Å²) in [5, 5.41) is 25.6. The van der Waals surface area contributed by atoms with Crippen molar-refractivity contribution in [1.29, 1.82) is 0 Å². The molecule has 2 N–H and O–H groups in total. The van der Waals surface area contributed by atoms with E-state index in [2.05, 4.69) is 33.0 Å². The van der Waals surface area contributed by atoms with E-state index in [9.17, 15) is 9.59 Å². The zero-order valence-electron chi connectivity index (χ0n) is 23.9. The zero-order chi connectivity index (χ0) is 28.3. The average Bonchev–Trinajstić information content (AvgIpc) is 2.95. The van der Waals surface area contributed by atoms with Gasteiger partial charge < -0.3 is 21.6 Å². The Morgan fingerprint density at radius 2 is 1.07 bits per heavy atom. The van der Waals surface area contributed by atoms with Crippen LogP contribution in [0.3, 0.4) is 0 Å². The molecule has 0 aromatic heterocycles. The van der Waals surface area contributed by atoms with Crippen molar-refractivity contribution in [2.45, 2.75) is 13.8 Å². The van der Waals surface area contributed by atoms with Crippen molar-refractivity contribution in [2.75, 3.05) is 0 Å². The van der Waals surface area contributed by atoms with Crippen LogP contribution in [0, 0.1) is 0 Å². The minimum Gasteiger partial charge on any atom is -1.00 e.